The molecule has 182 valence electrons. The Morgan fingerprint density at radius 1 is 1.09 bits per heavy atom. The molecule has 1 saturated heterocycles. The van der Waals surface area contributed by atoms with E-state index in [1.165, 1.54) is 5.56 Å². The number of nitrogens with zero attached hydrogens (tertiary/aromatic N) is 3. The zero-order chi connectivity index (χ0) is 22.8. The third-order valence-electron chi connectivity index (χ3n) is 6.80. The molecule has 1 unspecified atom stereocenters. The molecule has 1 atom stereocenters. The Morgan fingerprint density at radius 2 is 1.76 bits per heavy atom. The molecule has 2 aromatic rings. The lowest BCUT2D eigenvalue weighted by molar-refractivity contribution is 0.270. The summed E-state index contributed by atoms with van der Waals surface area (Å²) in [4.78, 5) is 11.4. The minimum atomic E-state index is 0. The second-order valence-corrected chi connectivity index (χ2v) is 8.78. The van der Waals surface area contributed by atoms with Gasteiger partial charge in [-0.3, -0.25) is 4.99 Å². The molecule has 33 heavy (non-hydrogen) atoms. The van der Waals surface area contributed by atoms with Gasteiger partial charge in [0.2, 0.25) is 0 Å². The largest absolute Gasteiger partial charge is 0.356 e. The Bertz CT molecular complexity index is 817. The highest BCUT2D eigenvalue weighted by molar-refractivity contribution is 14.0. The second kappa shape index (κ2) is 13.7. The first-order valence-electron chi connectivity index (χ1n) is 12.0. The first-order chi connectivity index (χ1) is 15.6. The normalized spacial score (nSPS) is 16.1. The lowest BCUT2D eigenvalue weighted by Crippen LogP contribution is -2.56. The average molecular weight is 565 g/mol. The molecule has 0 amide bonds. The number of pyridine rings is 1. The SMILES string of the molecule is CCC(CC)(CNC(=NC)NC1CCN(c2ccccn2)CC1)NC(C)c1ccccc1.I. The third kappa shape index (κ3) is 7.84. The van der Waals surface area contributed by atoms with Gasteiger partial charge in [0.25, 0.3) is 0 Å². The van der Waals surface area contributed by atoms with Crippen LogP contribution in [0.4, 0.5) is 5.82 Å². The first-order valence-corrected chi connectivity index (χ1v) is 12.0. The molecule has 2 heterocycles. The summed E-state index contributed by atoms with van der Waals surface area (Å²) in [5.41, 5.74) is 1.33. The Kier molecular flexibility index (Phi) is 11.4. The molecule has 1 aromatic heterocycles. The lowest BCUT2D eigenvalue weighted by Gasteiger charge is -2.38. The molecule has 1 aliphatic rings. The number of hydrogen-bond donors (Lipinski definition) is 3. The number of nitrogens with one attached hydrogen (secondary N) is 3. The van der Waals surface area contributed by atoms with Crippen LogP contribution in [0.15, 0.2) is 59.7 Å². The van der Waals surface area contributed by atoms with Crippen molar-refractivity contribution in [1.29, 1.82) is 0 Å². The van der Waals surface area contributed by atoms with Crippen molar-refractivity contribution in [2.75, 3.05) is 31.6 Å². The van der Waals surface area contributed by atoms with E-state index in [1.54, 1.807) is 0 Å². The number of aromatic nitrogens is 1. The highest BCUT2D eigenvalue weighted by atomic mass is 127. The lowest BCUT2D eigenvalue weighted by atomic mass is 9.90. The summed E-state index contributed by atoms with van der Waals surface area (Å²) in [5.74, 6) is 1.96. The van der Waals surface area contributed by atoms with Crippen LogP contribution in [0, 0.1) is 0 Å². The number of piperidine rings is 1. The number of hydrogen-bond acceptors (Lipinski definition) is 4. The predicted octanol–water partition coefficient (Wildman–Crippen LogP) is 4.74. The number of anilines is 1. The highest BCUT2D eigenvalue weighted by Gasteiger charge is 2.29. The van der Waals surface area contributed by atoms with Crippen LogP contribution in [0.25, 0.3) is 0 Å². The predicted molar refractivity (Wildman–Crippen MR) is 151 cm³/mol. The van der Waals surface area contributed by atoms with Crippen LogP contribution in [0.1, 0.15) is 58.1 Å². The van der Waals surface area contributed by atoms with Crippen molar-refractivity contribution >= 4 is 35.8 Å². The number of aliphatic imine (C=N–C) groups is 1. The minimum absolute atomic E-state index is 0. The van der Waals surface area contributed by atoms with Gasteiger partial charge in [-0.2, -0.15) is 0 Å². The van der Waals surface area contributed by atoms with E-state index in [2.05, 4.69) is 94.1 Å². The van der Waals surface area contributed by atoms with Gasteiger partial charge in [-0.15, -0.1) is 24.0 Å². The van der Waals surface area contributed by atoms with Gasteiger partial charge in [0.05, 0.1) is 0 Å². The Hall–Kier alpha value is -1.87. The van der Waals surface area contributed by atoms with Crippen LogP contribution in [0.2, 0.25) is 0 Å². The molecule has 0 saturated carbocycles. The fourth-order valence-electron chi connectivity index (χ4n) is 4.47. The summed E-state index contributed by atoms with van der Waals surface area (Å²) in [7, 11) is 1.86. The van der Waals surface area contributed by atoms with E-state index < -0.39 is 0 Å². The van der Waals surface area contributed by atoms with Crippen LogP contribution in [-0.4, -0.2) is 49.2 Å². The zero-order valence-corrected chi connectivity index (χ0v) is 22.9. The molecule has 7 heteroatoms. The van der Waals surface area contributed by atoms with Crippen molar-refractivity contribution < 1.29 is 0 Å². The number of guanidine groups is 1. The van der Waals surface area contributed by atoms with E-state index in [1.807, 2.05) is 19.3 Å². The van der Waals surface area contributed by atoms with E-state index in [0.29, 0.717) is 12.1 Å². The van der Waals surface area contributed by atoms with Gasteiger partial charge in [0, 0.05) is 50.5 Å². The average Bonchev–Trinajstić information content (AvgIpc) is 2.87. The van der Waals surface area contributed by atoms with Gasteiger partial charge in [-0.1, -0.05) is 50.2 Å². The maximum Gasteiger partial charge on any atom is 0.191 e. The molecule has 1 aromatic carbocycles. The van der Waals surface area contributed by atoms with Crippen LogP contribution in [0.3, 0.4) is 0 Å². The Labute approximate surface area is 217 Å². The van der Waals surface area contributed by atoms with Gasteiger partial charge >= 0.3 is 0 Å². The summed E-state index contributed by atoms with van der Waals surface area (Å²) in [6.45, 7) is 9.63. The molecule has 1 aliphatic heterocycles. The van der Waals surface area contributed by atoms with Crippen LogP contribution >= 0.6 is 24.0 Å². The molecular weight excluding hydrogens is 523 g/mol. The molecular formula is C26H41IN6. The fraction of sp³-hybridized carbons (Fsp3) is 0.538. The summed E-state index contributed by atoms with van der Waals surface area (Å²) in [6.07, 6.45) is 6.12. The van der Waals surface area contributed by atoms with Gasteiger partial charge in [-0.25, -0.2) is 4.98 Å². The van der Waals surface area contributed by atoms with Gasteiger partial charge in [-0.05, 0) is 50.3 Å². The van der Waals surface area contributed by atoms with Gasteiger partial charge in [0.1, 0.15) is 5.82 Å². The molecule has 3 N–H and O–H groups in total. The van der Waals surface area contributed by atoms with Crippen LogP contribution < -0.4 is 20.9 Å². The second-order valence-electron chi connectivity index (χ2n) is 8.78. The Balaban J connectivity index is 0.00000385. The first kappa shape index (κ1) is 27.4. The highest BCUT2D eigenvalue weighted by Crippen LogP contribution is 2.22. The molecule has 3 rings (SSSR count). The van der Waals surface area contributed by atoms with E-state index in [9.17, 15) is 0 Å². The summed E-state index contributed by atoms with van der Waals surface area (Å²) in [6, 6.07) is 17.5. The summed E-state index contributed by atoms with van der Waals surface area (Å²) in [5, 5.41) is 11.2. The molecule has 0 spiro atoms. The van der Waals surface area contributed by atoms with Gasteiger partial charge < -0.3 is 20.9 Å². The van der Waals surface area contributed by atoms with E-state index >= 15 is 0 Å². The van der Waals surface area contributed by atoms with E-state index in [0.717, 1.165) is 57.1 Å². The van der Waals surface area contributed by atoms with Crippen molar-refractivity contribution in [3.63, 3.8) is 0 Å². The number of halogens is 1. The maximum atomic E-state index is 4.51. The minimum Gasteiger partial charge on any atom is -0.356 e. The smallest absolute Gasteiger partial charge is 0.191 e. The zero-order valence-electron chi connectivity index (χ0n) is 20.6. The van der Waals surface area contributed by atoms with Crippen molar-refractivity contribution in [1.82, 2.24) is 20.9 Å². The van der Waals surface area contributed by atoms with Crippen molar-refractivity contribution in [3.8, 4) is 0 Å². The fourth-order valence-corrected chi connectivity index (χ4v) is 4.47. The topological polar surface area (TPSA) is 64.6 Å². The van der Waals surface area contributed by atoms with Crippen molar-refractivity contribution in [3.05, 3.63) is 60.3 Å². The van der Waals surface area contributed by atoms with E-state index in [4.69, 9.17) is 0 Å². The molecule has 0 radical (unpaired) electrons. The molecule has 0 bridgehead atoms. The van der Waals surface area contributed by atoms with Crippen LogP contribution in [0.5, 0.6) is 0 Å². The van der Waals surface area contributed by atoms with Crippen molar-refractivity contribution in [2.45, 2.75) is 64.1 Å². The van der Waals surface area contributed by atoms with Crippen LogP contribution in [-0.2, 0) is 0 Å². The maximum absolute atomic E-state index is 4.51. The number of rotatable bonds is 9. The molecule has 6 nitrogen and oxygen atoms in total. The molecule has 1 fully saturated rings. The van der Waals surface area contributed by atoms with E-state index in [-0.39, 0.29) is 29.5 Å². The molecule has 0 aliphatic carbocycles. The van der Waals surface area contributed by atoms with Gasteiger partial charge in [0.15, 0.2) is 5.96 Å². The summed E-state index contributed by atoms with van der Waals surface area (Å²) >= 11 is 0. The standard InChI is InChI=1S/C26H40N6.HI/c1-5-26(6-2,31-21(3)22-12-8-7-9-13-22)20-29-25(27-4)30-23-15-18-32(19-16-23)24-14-10-11-17-28-24;/h7-14,17,21,23,31H,5-6,15-16,18-20H2,1-4H3,(H2,27,29,30);1H. The van der Waals surface area contributed by atoms with Crippen molar-refractivity contribution in [2.24, 2.45) is 4.99 Å². The number of benzene rings is 1. The Morgan fingerprint density at radius 3 is 2.33 bits per heavy atom. The quantitative estimate of drug-likeness (QED) is 0.233. The summed E-state index contributed by atoms with van der Waals surface area (Å²) < 4.78 is 0. The monoisotopic (exact) mass is 564 g/mol. The third-order valence-corrected chi connectivity index (χ3v) is 6.80.